The summed E-state index contributed by atoms with van der Waals surface area (Å²) in [6.45, 7) is 2.57. The van der Waals surface area contributed by atoms with Crippen molar-refractivity contribution < 1.29 is 0 Å². The highest BCUT2D eigenvalue weighted by molar-refractivity contribution is 6.33. The van der Waals surface area contributed by atoms with E-state index < -0.39 is 0 Å². The van der Waals surface area contributed by atoms with Crippen LogP contribution in [0.1, 0.15) is 11.3 Å². The summed E-state index contributed by atoms with van der Waals surface area (Å²) in [5.41, 5.74) is 2.82. The summed E-state index contributed by atoms with van der Waals surface area (Å²) in [7, 11) is 0. The molecule has 2 aromatic heterocycles. The lowest BCUT2D eigenvalue weighted by Gasteiger charge is -2.10. The second kappa shape index (κ2) is 7.68. The molecule has 1 N–H and O–H groups in total. The van der Waals surface area contributed by atoms with E-state index in [1.165, 1.54) is 4.68 Å². The maximum Gasteiger partial charge on any atom is 0.292 e. The van der Waals surface area contributed by atoms with Gasteiger partial charge in [0.1, 0.15) is 5.02 Å². The van der Waals surface area contributed by atoms with Gasteiger partial charge in [-0.2, -0.15) is 9.78 Å². The molecule has 0 radical (unpaired) electrons. The topological polar surface area (TPSA) is 59.8 Å². The molecule has 25 heavy (non-hydrogen) atoms. The van der Waals surface area contributed by atoms with Crippen molar-refractivity contribution in [1.82, 2.24) is 14.8 Å². The minimum Gasteiger partial charge on any atom is -0.382 e. The van der Waals surface area contributed by atoms with Crippen molar-refractivity contribution in [2.75, 3.05) is 11.9 Å². The Balaban J connectivity index is 1.73. The van der Waals surface area contributed by atoms with E-state index in [9.17, 15) is 4.79 Å². The molecule has 0 spiro atoms. The Hall–Kier alpha value is -2.37. The standard InChI is InChI=1S/C18H16Cl2N4O/c1-12-2-3-13(10-22-12)8-9-21-16-11-23-24(18(25)17(16)20)15-6-4-14(19)5-7-15/h2-7,10-11,21H,8-9H2,1H3. The molecule has 0 saturated carbocycles. The van der Waals surface area contributed by atoms with E-state index in [4.69, 9.17) is 23.2 Å². The van der Waals surface area contributed by atoms with Crippen LogP contribution < -0.4 is 10.9 Å². The summed E-state index contributed by atoms with van der Waals surface area (Å²) in [6.07, 6.45) is 4.16. The van der Waals surface area contributed by atoms with E-state index in [1.54, 1.807) is 30.5 Å². The van der Waals surface area contributed by atoms with Gasteiger partial charge in [0.05, 0.1) is 17.6 Å². The Morgan fingerprint density at radius 3 is 2.52 bits per heavy atom. The molecule has 1 aromatic carbocycles. The van der Waals surface area contributed by atoms with E-state index in [-0.39, 0.29) is 10.6 Å². The molecule has 0 aliphatic rings. The highest BCUT2D eigenvalue weighted by atomic mass is 35.5. The summed E-state index contributed by atoms with van der Waals surface area (Å²) in [4.78, 5) is 16.7. The largest absolute Gasteiger partial charge is 0.382 e. The quantitative estimate of drug-likeness (QED) is 0.735. The number of rotatable bonds is 5. The minimum absolute atomic E-state index is 0.104. The Kier molecular flexibility index (Phi) is 5.36. The van der Waals surface area contributed by atoms with Gasteiger partial charge in [-0.15, -0.1) is 0 Å². The fourth-order valence-corrected chi connectivity index (χ4v) is 2.63. The number of hydrogen-bond acceptors (Lipinski definition) is 4. The van der Waals surface area contributed by atoms with Crippen LogP contribution in [0.5, 0.6) is 0 Å². The molecule has 0 saturated heterocycles. The molecule has 3 rings (SSSR count). The van der Waals surface area contributed by atoms with Crippen LogP contribution in [0.4, 0.5) is 5.69 Å². The van der Waals surface area contributed by atoms with Gasteiger partial charge in [0.15, 0.2) is 0 Å². The predicted octanol–water partition coefficient (Wildman–Crippen LogP) is 3.90. The van der Waals surface area contributed by atoms with Gasteiger partial charge in [0, 0.05) is 23.5 Å². The molecular weight excluding hydrogens is 359 g/mol. The van der Waals surface area contributed by atoms with E-state index in [1.807, 2.05) is 25.3 Å². The van der Waals surface area contributed by atoms with Crippen LogP contribution in [0, 0.1) is 6.92 Å². The lowest BCUT2D eigenvalue weighted by atomic mass is 10.2. The second-order valence-corrected chi connectivity index (χ2v) is 6.36. The highest BCUT2D eigenvalue weighted by Crippen LogP contribution is 2.17. The Morgan fingerprint density at radius 2 is 1.84 bits per heavy atom. The van der Waals surface area contributed by atoms with E-state index >= 15 is 0 Å². The first-order valence-electron chi connectivity index (χ1n) is 7.74. The van der Waals surface area contributed by atoms with Crippen LogP contribution in [0.15, 0.2) is 53.6 Å². The van der Waals surface area contributed by atoms with Crippen LogP contribution >= 0.6 is 23.2 Å². The molecule has 0 atom stereocenters. The number of anilines is 1. The summed E-state index contributed by atoms with van der Waals surface area (Å²) in [5, 5.41) is 8.02. The first-order chi connectivity index (χ1) is 12.0. The molecule has 0 aliphatic carbocycles. The molecule has 5 nitrogen and oxygen atoms in total. The number of pyridine rings is 1. The van der Waals surface area contributed by atoms with Crippen molar-refractivity contribution in [2.45, 2.75) is 13.3 Å². The number of nitrogens with one attached hydrogen (secondary N) is 1. The maximum absolute atomic E-state index is 12.4. The number of nitrogens with zero attached hydrogens (tertiary/aromatic N) is 3. The summed E-state index contributed by atoms with van der Waals surface area (Å²) in [5.74, 6) is 0. The van der Waals surface area contributed by atoms with Crippen molar-refractivity contribution >= 4 is 28.9 Å². The SMILES string of the molecule is Cc1ccc(CCNc2cnn(-c3ccc(Cl)cc3)c(=O)c2Cl)cn1. The third-order valence-electron chi connectivity index (χ3n) is 3.69. The van der Waals surface area contributed by atoms with Crippen molar-refractivity contribution in [3.05, 3.63) is 80.4 Å². The number of benzene rings is 1. The van der Waals surface area contributed by atoms with Gasteiger partial charge < -0.3 is 5.32 Å². The van der Waals surface area contributed by atoms with Gasteiger partial charge in [0.2, 0.25) is 0 Å². The Bertz CT molecular complexity index is 921. The van der Waals surface area contributed by atoms with Gasteiger partial charge in [-0.05, 0) is 49.2 Å². The molecule has 0 bridgehead atoms. The van der Waals surface area contributed by atoms with Gasteiger partial charge in [-0.1, -0.05) is 29.3 Å². The average Bonchev–Trinajstić information content (AvgIpc) is 2.61. The summed E-state index contributed by atoms with van der Waals surface area (Å²) < 4.78 is 1.24. The lowest BCUT2D eigenvalue weighted by molar-refractivity contribution is 0.806. The van der Waals surface area contributed by atoms with Crippen molar-refractivity contribution in [2.24, 2.45) is 0 Å². The normalized spacial score (nSPS) is 10.7. The molecule has 128 valence electrons. The van der Waals surface area contributed by atoms with Gasteiger partial charge in [0.25, 0.3) is 5.56 Å². The molecule has 7 heteroatoms. The predicted molar refractivity (Wildman–Crippen MR) is 101 cm³/mol. The smallest absolute Gasteiger partial charge is 0.292 e. The molecule has 0 fully saturated rings. The van der Waals surface area contributed by atoms with Gasteiger partial charge in [-0.25, -0.2) is 0 Å². The number of halogens is 2. The van der Waals surface area contributed by atoms with E-state index in [0.29, 0.717) is 22.9 Å². The van der Waals surface area contributed by atoms with Crippen LogP contribution in [0.3, 0.4) is 0 Å². The van der Waals surface area contributed by atoms with Crippen LogP contribution in [0.25, 0.3) is 5.69 Å². The van der Waals surface area contributed by atoms with Crippen LogP contribution in [0.2, 0.25) is 10.0 Å². The molecule has 0 unspecified atom stereocenters. The first-order valence-corrected chi connectivity index (χ1v) is 8.49. The molecule has 0 amide bonds. The number of aryl methyl sites for hydroxylation is 1. The second-order valence-electron chi connectivity index (χ2n) is 5.55. The fraction of sp³-hybridized carbons (Fsp3) is 0.167. The fourth-order valence-electron chi connectivity index (χ4n) is 2.31. The molecule has 0 aliphatic heterocycles. The highest BCUT2D eigenvalue weighted by Gasteiger charge is 2.10. The molecule has 2 heterocycles. The van der Waals surface area contributed by atoms with Gasteiger partial charge in [-0.3, -0.25) is 9.78 Å². The zero-order valence-electron chi connectivity index (χ0n) is 13.5. The zero-order valence-corrected chi connectivity index (χ0v) is 15.1. The van der Waals surface area contributed by atoms with Crippen molar-refractivity contribution in [3.63, 3.8) is 0 Å². The average molecular weight is 375 g/mol. The first kappa shape index (κ1) is 17.5. The molecular formula is C18H16Cl2N4O. The zero-order chi connectivity index (χ0) is 17.8. The minimum atomic E-state index is -0.383. The summed E-state index contributed by atoms with van der Waals surface area (Å²) >= 11 is 12.1. The maximum atomic E-state index is 12.4. The Labute approximate surface area is 155 Å². The van der Waals surface area contributed by atoms with E-state index in [0.717, 1.165) is 17.7 Å². The monoisotopic (exact) mass is 374 g/mol. The number of hydrogen-bond donors (Lipinski definition) is 1. The van der Waals surface area contributed by atoms with E-state index in [2.05, 4.69) is 15.4 Å². The number of aromatic nitrogens is 3. The summed E-state index contributed by atoms with van der Waals surface area (Å²) in [6, 6.07) is 10.8. The Morgan fingerprint density at radius 1 is 1.08 bits per heavy atom. The molecule has 3 aromatic rings. The third kappa shape index (κ3) is 4.18. The van der Waals surface area contributed by atoms with Gasteiger partial charge >= 0.3 is 0 Å². The van der Waals surface area contributed by atoms with Crippen LogP contribution in [-0.4, -0.2) is 21.3 Å². The lowest BCUT2D eigenvalue weighted by Crippen LogP contribution is -2.23. The van der Waals surface area contributed by atoms with Crippen molar-refractivity contribution in [3.8, 4) is 5.69 Å². The van der Waals surface area contributed by atoms with Crippen LogP contribution in [-0.2, 0) is 6.42 Å². The van der Waals surface area contributed by atoms with Crippen molar-refractivity contribution in [1.29, 1.82) is 0 Å². The third-order valence-corrected chi connectivity index (χ3v) is 4.31.